The van der Waals surface area contributed by atoms with Crippen LogP contribution in [0, 0.1) is 6.92 Å². The molecule has 0 radical (unpaired) electrons. The number of carbonyl (C=O) groups excluding carboxylic acids is 1. The number of methoxy groups -OCH3 is 2. The van der Waals surface area contributed by atoms with Crippen molar-refractivity contribution in [3.63, 3.8) is 0 Å². The Balaban J connectivity index is 0.000000191. The number of carbonyl (C=O) groups is 1. The molecular weight excluding hydrogens is 240 g/mol. The van der Waals surface area contributed by atoms with Gasteiger partial charge in [-0.25, -0.2) is 0 Å². The van der Waals surface area contributed by atoms with Gasteiger partial charge in [0.15, 0.2) is 6.29 Å². The first-order valence-electron chi connectivity index (χ1n) is 5.90. The lowest BCUT2D eigenvalue weighted by atomic mass is 10.2. The van der Waals surface area contributed by atoms with E-state index in [0.29, 0.717) is 11.3 Å². The Kier molecular flexibility index (Phi) is 6.16. The van der Waals surface area contributed by atoms with Gasteiger partial charge >= 0.3 is 0 Å². The Morgan fingerprint density at radius 2 is 1.53 bits per heavy atom. The van der Waals surface area contributed by atoms with Crippen LogP contribution < -0.4 is 9.47 Å². The summed E-state index contributed by atoms with van der Waals surface area (Å²) in [5.41, 5.74) is 1.85. The molecule has 2 aromatic carbocycles. The Hall–Kier alpha value is -2.29. The highest BCUT2D eigenvalue weighted by molar-refractivity contribution is 5.79. The van der Waals surface area contributed by atoms with Crippen molar-refractivity contribution in [3.05, 3.63) is 59.7 Å². The van der Waals surface area contributed by atoms with Crippen LogP contribution in [-0.4, -0.2) is 20.5 Å². The predicted molar refractivity (Wildman–Crippen MR) is 76.1 cm³/mol. The van der Waals surface area contributed by atoms with Crippen LogP contribution in [0.1, 0.15) is 15.9 Å². The van der Waals surface area contributed by atoms with E-state index in [1.54, 1.807) is 32.4 Å². The topological polar surface area (TPSA) is 35.5 Å². The molecule has 0 saturated carbocycles. The standard InChI is InChI=1S/C8H8O2.C8H10O/c1-10-8-5-3-2-4-7(8)6-9;1-7-3-5-8(9-2)6-4-7/h2-6H,1H3;3-6H,1-2H3. The molecule has 0 aliphatic rings. The van der Waals surface area contributed by atoms with Gasteiger partial charge in [-0.05, 0) is 31.2 Å². The van der Waals surface area contributed by atoms with Crippen molar-refractivity contribution in [1.29, 1.82) is 0 Å². The minimum Gasteiger partial charge on any atom is -0.497 e. The van der Waals surface area contributed by atoms with E-state index in [-0.39, 0.29) is 0 Å². The zero-order valence-corrected chi connectivity index (χ0v) is 11.4. The third-order valence-electron chi connectivity index (χ3n) is 2.52. The van der Waals surface area contributed by atoms with E-state index in [1.807, 2.05) is 30.3 Å². The summed E-state index contributed by atoms with van der Waals surface area (Å²) in [6.45, 7) is 2.06. The first kappa shape index (κ1) is 14.8. The van der Waals surface area contributed by atoms with Gasteiger partial charge in [-0.1, -0.05) is 29.8 Å². The average molecular weight is 258 g/mol. The van der Waals surface area contributed by atoms with Gasteiger partial charge in [0.2, 0.25) is 0 Å². The molecule has 0 N–H and O–H groups in total. The lowest BCUT2D eigenvalue weighted by Gasteiger charge is -1.99. The van der Waals surface area contributed by atoms with Gasteiger partial charge in [0.25, 0.3) is 0 Å². The smallest absolute Gasteiger partial charge is 0.153 e. The predicted octanol–water partition coefficient (Wildman–Crippen LogP) is 3.51. The number of para-hydroxylation sites is 1. The van der Waals surface area contributed by atoms with E-state index in [1.165, 1.54) is 5.56 Å². The number of benzene rings is 2. The van der Waals surface area contributed by atoms with Gasteiger partial charge in [0.05, 0.1) is 19.8 Å². The summed E-state index contributed by atoms with van der Waals surface area (Å²) < 4.78 is 9.87. The molecule has 2 rings (SSSR count). The Bertz CT molecular complexity index is 504. The van der Waals surface area contributed by atoms with Crippen molar-refractivity contribution in [2.75, 3.05) is 14.2 Å². The van der Waals surface area contributed by atoms with Gasteiger partial charge < -0.3 is 9.47 Å². The van der Waals surface area contributed by atoms with E-state index in [4.69, 9.17) is 9.47 Å². The molecule has 3 nitrogen and oxygen atoms in total. The molecule has 0 atom stereocenters. The fourth-order valence-corrected chi connectivity index (χ4v) is 1.44. The van der Waals surface area contributed by atoms with Crippen molar-refractivity contribution in [3.8, 4) is 11.5 Å². The van der Waals surface area contributed by atoms with Gasteiger partial charge in [0, 0.05) is 0 Å². The van der Waals surface area contributed by atoms with Gasteiger partial charge in [-0.3, -0.25) is 4.79 Å². The lowest BCUT2D eigenvalue weighted by molar-refractivity contribution is 0.112. The van der Waals surface area contributed by atoms with Crippen molar-refractivity contribution < 1.29 is 14.3 Å². The fraction of sp³-hybridized carbons (Fsp3) is 0.188. The van der Waals surface area contributed by atoms with Crippen LogP contribution in [0.25, 0.3) is 0 Å². The normalized spacial score (nSPS) is 9.00. The molecule has 0 aliphatic heterocycles. The molecule has 0 aromatic heterocycles. The van der Waals surface area contributed by atoms with Crippen molar-refractivity contribution >= 4 is 6.29 Å². The minimum absolute atomic E-state index is 0.588. The Labute approximate surface area is 113 Å². The monoisotopic (exact) mass is 258 g/mol. The third-order valence-corrected chi connectivity index (χ3v) is 2.52. The lowest BCUT2D eigenvalue weighted by Crippen LogP contribution is -1.88. The molecule has 19 heavy (non-hydrogen) atoms. The van der Waals surface area contributed by atoms with Crippen molar-refractivity contribution in [2.45, 2.75) is 6.92 Å². The summed E-state index contributed by atoms with van der Waals surface area (Å²) in [5, 5.41) is 0. The van der Waals surface area contributed by atoms with E-state index in [9.17, 15) is 4.79 Å². The summed E-state index contributed by atoms with van der Waals surface area (Å²) in [7, 11) is 3.22. The Morgan fingerprint density at radius 1 is 0.895 bits per heavy atom. The molecule has 0 saturated heterocycles. The highest BCUT2D eigenvalue weighted by Crippen LogP contribution is 2.13. The molecule has 0 bridgehead atoms. The maximum absolute atomic E-state index is 10.3. The summed E-state index contributed by atoms with van der Waals surface area (Å²) in [6, 6.07) is 15.1. The van der Waals surface area contributed by atoms with Crippen LogP contribution in [0.3, 0.4) is 0 Å². The van der Waals surface area contributed by atoms with Crippen LogP contribution in [0.2, 0.25) is 0 Å². The van der Waals surface area contributed by atoms with Crippen LogP contribution in [0.5, 0.6) is 11.5 Å². The van der Waals surface area contributed by atoms with E-state index in [0.717, 1.165) is 12.0 Å². The van der Waals surface area contributed by atoms with Crippen molar-refractivity contribution in [2.24, 2.45) is 0 Å². The summed E-state index contributed by atoms with van der Waals surface area (Å²) in [6.07, 6.45) is 0.777. The highest BCUT2D eigenvalue weighted by Gasteiger charge is 1.96. The average Bonchev–Trinajstić information content (AvgIpc) is 2.48. The number of aryl methyl sites for hydroxylation is 1. The number of hydrogen-bond acceptors (Lipinski definition) is 3. The molecule has 0 aliphatic carbocycles. The van der Waals surface area contributed by atoms with E-state index in [2.05, 4.69) is 6.92 Å². The number of rotatable bonds is 3. The van der Waals surface area contributed by atoms with Crippen molar-refractivity contribution in [1.82, 2.24) is 0 Å². The van der Waals surface area contributed by atoms with Crippen LogP contribution in [-0.2, 0) is 0 Å². The second-order valence-electron chi connectivity index (χ2n) is 3.88. The number of hydrogen-bond donors (Lipinski definition) is 0. The molecule has 0 fully saturated rings. The first-order chi connectivity index (χ1) is 9.21. The summed E-state index contributed by atoms with van der Waals surface area (Å²) in [5.74, 6) is 1.54. The quantitative estimate of drug-likeness (QED) is 0.790. The minimum atomic E-state index is 0.588. The summed E-state index contributed by atoms with van der Waals surface area (Å²) in [4.78, 5) is 10.3. The zero-order valence-electron chi connectivity index (χ0n) is 11.4. The Morgan fingerprint density at radius 3 is 2.00 bits per heavy atom. The molecule has 2 aromatic rings. The second kappa shape index (κ2) is 7.93. The third kappa shape index (κ3) is 4.84. The molecule has 0 heterocycles. The molecule has 0 unspecified atom stereocenters. The van der Waals surface area contributed by atoms with Crippen LogP contribution in [0.15, 0.2) is 48.5 Å². The maximum atomic E-state index is 10.3. The second-order valence-corrected chi connectivity index (χ2v) is 3.88. The molecule has 0 spiro atoms. The summed E-state index contributed by atoms with van der Waals surface area (Å²) >= 11 is 0. The maximum Gasteiger partial charge on any atom is 0.153 e. The SMILES string of the molecule is COc1ccc(C)cc1.COc1ccccc1C=O. The molecular formula is C16H18O3. The first-order valence-corrected chi connectivity index (χ1v) is 5.90. The highest BCUT2D eigenvalue weighted by atomic mass is 16.5. The zero-order chi connectivity index (χ0) is 14.1. The fourth-order valence-electron chi connectivity index (χ4n) is 1.44. The van der Waals surface area contributed by atoms with Crippen LogP contribution >= 0.6 is 0 Å². The van der Waals surface area contributed by atoms with Gasteiger partial charge in [-0.15, -0.1) is 0 Å². The number of aldehydes is 1. The van der Waals surface area contributed by atoms with Crippen LogP contribution in [0.4, 0.5) is 0 Å². The largest absolute Gasteiger partial charge is 0.497 e. The number of ether oxygens (including phenoxy) is 2. The molecule has 100 valence electrons. The van der Waals surface area contributed by atoms with Gasteiger partial charge in [-0.2, -0.15) is 0 Å². The van der Waals surface area contributed by atoms with E-state index < -0.39 is 0 Å². The van der Waals surface area contributed by atoms with E-state index >= 15 is 0 Å². The molecule has 0 amide bonds. The molecule has 3 heteroatoms. The van der Waals surface area contributed by atoms with Gasteiger partial charge in [0.1, 0.15) is 11.5 Å².